The number of carbonyl (C=O) groups is 1. The van der Waals surface area contributed by atoms with E-state index < -0.39 is 0 Å². The molecule has 1 N–H and O–H groups in total. The van der Waals surface area contributed by atoms with E-state index in [-0.39, 0.29) is 12.5 Å². The molecule has 1 aliphatic heterocycles. The number of fused-ring (bicyclic) bond motifs is 1. The molecule has 106 valence electrons. The van der Waals surface area contributed by atoms with Gasteiger partial charge in [-0.05, 0) is 35.0 Å². The van der Waals surface area contributed by atoms with Gasteiger partial charge in [-0.3, -0.25) is 9.69 Å². The lowest BCUT2D eigenvalue weighted by Gasteiger charge is -2.34. The standard InChI is InChI=1S/C15H18N2O2S/c18-9-8-16-4-6-17(7-5-16)15(19)13-1-2-14-12(11-13)3-10-20-14/h1-3,10-11,18H,4-9H2. The zero-order valence-electron chi connectivity index (χ0n) is 11.3. The van der Waals surface area contributed by atoms with Crippen LogP contribution in [0.15, 0.2) is 29.6 Å². The molecule has 0 bridgehead atoms. The molecule has 2 heterocycles. The Labute approximate surface area is 122 Å². The van der Waals surface area contributed by atoms with Gasteiger partial charge in [0.25, 0.3) is 5.91 Å². The minimum atomic E-state index is 0.113. The number of piperazine rings is 1. The largest absolute Gasteiger partial charge is 0.395 e. The van der Waals surface area contributed by atoms with Crippen LogP contribution in [0, 0.1) is 0 Å². The van der Waals surface area contributed by atoms with Crippen molar-refractivity contribution in [3.05, 3.63) is 35.2 Å². The van der Waals surface area contributed by atoms with E-state index in [1.807, 2.05) is 28.5 Å². The first-order valence-corrected chi connectivity index (χ1v) is 7.75. The highest BCUT2D eigenvalue weighted by Crippen LogP contribution is 2.22. The molecular formula is C15H18N2O2S. The third-order valence-corrected chi connectivity index (χ3v) is 4.67. The van der Waals surface area contributed by atoms with Crippen LogP contribution in [0.5, 0.6) is 0 Å². The second-order valence-corrected chi connectivity index (χ2v) is 5.98. The Morgan fingerprint density at radius 3 is 2.75 bits per heavy atom. The molecule has 0 atom stereocenters. The van der Waals surface area contributed by atoms with Crippen LogP contribution in [0.2, 0.25) is 0 Å². The number of hydrogen-bond acceptors (Lipinski definition) is 4. The molecule has 1 saturated heterocycles. The van der Waals surface area contributed by atoms with Crippen LogP contribution in [0.1, 0.15) is 10.4 Å². The number of carbonyl (C=O) groups excluding carboxylic acids is 1. The number of aliphatic hydroxyl groups is 1. The summed E-state index contributed by atoms with van der Waals surface area (Å²) in [5.41, 5.74) is 0.770. The van der Waals surface area contributed by atoms with Gasteiger partial charge in [0, 0.05) is 43.0 Å². The van der Waals surface area contributed by atoms with E-state index in [0.29, 0.717) is 6.54 Å². The fourth-order valence-corrected chi connectivity index (χ4v) is 3.37. The minimum absolute atomic E-state index is 0.113. The van der Waals surface area contributed by atoms with Crippen molar-refractivity contribution in [1.29, 1.82) is 0 Å². The van der Waals surface area contributed by atoms with Crippen molar-refractivity contribution in [2.24, 2.45) is 0 Å². The number of hydrogen-bond donors (Lipinski definition) is 1. The molecule has 3 rings (SSSR count). The molecule has 0 spiro atoms. The van der Waals surface area contributed by atoms with Gasteiger partial charge in [-0.2, -0.15) is 0 Å². The van der Waals surface area contributed by atoms with Crippen LogP contribution in [0.4, 0.5) is 0 Å². The SMILES string of the molecule is O=C(c1ccc2sccc2c1)N1CCN(CCO)CC1. The molecule has 2 aromatic rings. The number of amides is 1. The number of nitrogens with zero attached hydrogens (tertiary/aromatic N) is 2. The van der Waals surface area contributed by atoms with Gasteiger partial charge in [-0.15, -0.1) is 11.3 Å². The van der Waals surface area contributed by atoms with Crippen molar-refractivity contribution in [3.63, 3.8) is 0 Å². The summed E-state index contributed by atoms with van der Waals surface area (Å²) in [6, 6.07) is 7.97. The van der Waals surface area contributed by atoms with Crippen LogP contribution >= 0.6 is 11.3 Å². The van der Waals surface area contributed by atoms with Gasteiger partial charge in [-0.1, -0.05) is 0 Å². The highest BCUT2D eigenvalue weighted by molar-refractivity contribution is 7.17. The van der Waals surface area contributed by atoms with Gasteiger partial charge in [0.2, 0.25) is 0 Å². The highest BCUT2D eigenvalue weighted by atomic mass is 32.1. The maximum atomic E-state index is 12.5. The fourth-order valence-electron chi connectivity index (χ4n) is 2.60. The minimum Gasteiger partial charge on any atom is -0.395 e. The first kappa shape index (κ1) is 13.5. The predicted molar refractivity (Wildman–Crippen MR) is 81.3 cm³/mol. The van der Waals surface area contributed by atoms with E-state index >= 15 is 0 Å². The zero-order chi connectivity index (χ0) is 13.9. The summed E-state index contributed by atoms with van der Waals surface area (Å²) in [6.07, 6.45) is 0. The molecule has 0 saturated carbocycles. The number of benzene rings is 1. The van der Waals surface area contributed by atoms with Crippen LogP contribution in [-0.4, -0.2) is 60.1 Å². The molecular weight excluding hydrogens is 272 g/mol. The third kappa shape index (κ3) is 2.70. The monoisotopic (exact) mass is 290 g/mol. The number of thiophene rings is 1. The molecule has 20 heavy (non-hydrogen) atoms. The molecule has 4 nitrogen and oxygen atoms in total. The summed E-state index contributed by atoms with van der Waals surface area (Å²) in [6.45, 7) is 4.03. The summed E-state index contributed by atoms with van der Waals surface area (Å²) in [4.78, 5) is 16.6. The van der Waals surface area contributed by atoms with Crippen LogP contribution < -0.4 is 0 Å². The smallest absolute Gasteiger partial charge is 0.253 e. The van der Waals surface area contributed by atoms with Gasteiger partial charge in [0.15, 0.2) is 0 Å². The van der Waals surface area contributed by atoms with E-state index in [2.05, 4.69) is 11.0 Å². The molecule has 0 unspecified atom stereocenters. The van der Waals surface area contributed by atoms with E-state index in [1.165, 1.54) is 4.70 Å². The Morgan fingerprint density at radius 2 is 2.00 bits per heavy atom. The number of aliphatic hydroxyl groups excluding tert-OH is 1. The zero-order valence-corrected chi connectivity index (χ0v) is 12.1. The van der Waals surface area contributed by atoms with Crippen LogP contribution in [0.25, 0.3) is 10.1 Å². The lowest BCUT2D eigenvalue weighted by Crippen LogP contribution is -2.49. The van der Waals surface area contributed by atoms with Gasteiger partial charge >= 0.3 is 0 Å². The molecule has 1 aliphatic rings. The Hall–Kier alpha value is -1.43. The quantitative estimate of drug-likeness (QED) is 0.935. The van der Waals surface area contributed by atoms with E-state index in [1.54, 1.807) is 11.3 Å². The molecule has 0 aliphatic carbocycles. The van der Waals surface area contributed by atoms with Crippen molar-refractivity contribution >= 4 is 27.3 Å². The summed E-state index contributed by atoms with van der Waals surface area (Å²) in [5.74, 6) is 0.113. The van der Waals surface area contributed by atoms with Gasteiger partial charge in [0.1, 0.15) is 0 Å². The summed E-state index contributed by atoms with van der Waals surface area (Å²) in [7, 11) is 0. The Morgan fingerprint density at radius 1 is 1.20 bits per heavy atom. The first-order chi connectivity index (χ1) is 9.78. The number of rotatable bonds is 3. The Kier molecular flexibility index (Phi) is 4.00. The summed E-state index contributed by atoms with van der Waals surface area (Å²) < 4.78 is 1.22. The topological polar surface area (TPSA) is 43.8 Å². The van der Waals surface area contributed by atoms with Crippen LogP contribution in [0.3, 0.4) is 0 Å². The highest BCUT2D eigenvalue weighted by Gasteiger charge is 2.21. The lowest BCUT2D eigenvalue weighted by molar-refractivity contribution is 0.0615. The van der Waals surface area contributed by atoms with Crippen LogP contribution in [-0.2, 0) is 0 Å². The molecule has 1 fully saturated rings. The average Bonchev–Trinajstić information content (AvgIpc) is 2.95. The van der Waals surface area contributed by atoms with E-state index in [0.717, 1.165) is 37.1 Å². The van der Waals surface area contributed by atoms with Gasteiger partial charge in [-0.25, -0.2) is 0 Å². The second kappa shape index (κ2) is 5.91. The predicted octanol–water partition coefficient (Wildman–Crippen LogP) is 1.65. The van der Waals surface area contributed by atoms with Crippen molar-refractivity contribution < 1.29 is 9.90 Å². The van der Waals surface area contributed by atoms with Gasteiger partial charge in [0.05, 0.1) is 6.61 Å². The summed E-state index contributed by atoms with van der Waals surface area (Å²) in [5, 5.41) is 12.1. The molecule has 1 aromatic carbocycles. The van der Waals surface area contributed by atoms with Crippen molar-refractivity contribution in [2.45, 2.75) is 0 Å². The Balaban J connectivity index is 1.69. The molecule has 5 heteroatoms. The first-order valence-electron chi connectivity index (χ1n) is 6.87. The third-order valence-electron chi connectivity index (χ3n) is 3.78. The van der Waals surface area contributed by atoms with Gasteiger partial charge < -0.3 is 10.0 Å². The maximum absolute atomic E-state index is 12.5. The van der Waals surface area contributed by atoms with E-state index in [9.17, 15) is 4.79 Å². The van der Waals surface area contributed by atoms with Crippen molar-refractivity contribution in [3.8, 4) is 0 Å². The normalized spacial score (nSPS) is 16.8. The average molecular weight is 290 g/mol. The number of β-amino-alcohol motifs (C(OH)–C–C–N with tert-alkyl or cyclic N) is 1. The van der Waals surface area contributed by atoms with E-state index in [4.69, 9.17) is 5.11 Å². The maximum Gasteiger partial charge on any atom is 0.253 e. The summed E-state index contributed by atoms with van der Waals surface area (Å²) >= 11 is 1.69. The second-order valence-electron chi connectivity index (χ2n) is 5.03. The molecule has 0 radical (unpaired) electrons. The van der Waals surface area contributed by atoms with Crippen molar-refractivity contribution in [1.82, 2.24) is 9.80 Å². The molecule has 1 aromatic heterocycles. The fraction of sp³-hybridized carbons (Fsp3) is 0.400. The van der Waals surface area contributed by atoms with Crippen molar-refractivity contribution in [2.75, 3.05) is 39.3 Å². The lowest BCUT2D eigenvalue weighted by atomic mass is 10.1. The molecule has 1 amide bonds. The Bertz CT molecular complexity index is 603.